The quantitative estimate of drug-likeness (QED) is 0.128. The molecule has 0 aliphatic heterocycles. The van der Waals surface area contributed by atoms with Gasteiger partial charge in [-0.1, -0.05) is 200 Å². The zero-order valence-electron chi connectivity index (χ0n) is 38.7. The molecule has 1 heterocycles. The Morgan fingerprint density at radius 3 is 1.25 bits per heavy atom. The van der Waals surface area contributed by atoms with Crippen molar-refractivity contribution in [2.24, 2.45) is 23.7 Å². The second-order valence-electron chi connectivity index (χ2n) is 20.0. The van der Waals surface area contributed by atoms with Gasteiger partial charge in [-0.25, -0.2) is 15.0 Å². The third-order valence-corrected chi connectivity index (χ3v) is 17.1. The number of rotatable bonds is 10. The molecule has 4 bridgehead atoms. The van der Waals surface area contributed by atoms with E-state index >= 15 is 0 Å². The van der Waals surface area contributed by atoms with Crippen LogP contribution < -0.4 is 5.30 Å². The molecule has 4 saturated carbocycles. The molecule has 0 radical (unpaired) electrons. The van der Waals surface area contributed by atoms with E-state index in [9.17, 15) is 4.57 Å². The van der Waals surface area contributed by atoms with E-state index in [2.05, 4.69) is 194 Å². The zero-order valence-corrected chi connectivity index (χ0v) is 39.6. The molecule has 4 aliphatic rings. The fraction of sp³-hybridized carbons (Fsp3) is 0.190. The predicted octanol–water partition coefficient (Wildman–Crippen LogP) is 15.5. The maximum absolute atomic E-state index is 12.8. The van der Waals surface area contributed by atoms with Crippen molar-refractivity contribution in [3.63, 3.8) is 0 Å². The smallest absolute Gasteiger partial charge is 0.164 e. The summed E-state index contributed by atoms with van der Waals surface area (Å²) in [5.74, 6) is 4.85. The van der Waals surface area contributed by atoms with E-state index in [-0.39, 0.29) is 5.41 Å². The molecule has 4 nitrogen and oxygen atoms in total. The molecule has 0 saturated heterocycles. The van der Waals surface area contributed by atoms with Crippen LogP contribution >= 0.6 is 7.14 Å². The molecule has 0 spiro atoms. The molecule has 332 valence electrons. The van der Waals surface area contributed by atoms with Gasteiger partial charge in [0, 0.05) is 27.4 Å². The summed E-state index contributed by atoms with van der Waals surface area (Å²) in [5.41, 5.74) is 15.0. The Morgan fingerprint density at radius 1 is 0.368 bits per heavy atom. The Hall–Kier alpha value is -7.00. The van der Waals surface area contributed by atoms with Crippen LogP contribution in [0.5, 0.6) is 0 Å². The summed E-state index contributed by atoms with van der Waals surface area (Å²) in [4.78, 5) is 15.7. The Morgan fingerprint density at radius 2 is 0.735 bits per heavy atom. The van der Waals surface area contributed by atoms with Gasteiger partial charge < -0.3 is 4.57 Å². The van der Waals surface area contributed by atoms with Gasteiger partial charge >= 0.3 is 0 Å². The van der Waals surface area contributed by atoms with Gasteiger partial charge in [-0.3, -0.25) is 0 Å². The van der Waals surface area contributed by atoms with Crippen LogP contribution in [0.2, 0.25) is 0 Å². The van der Waals surface area contributed by atoms with Crippen LogP contribution in [0.15, 0.2) is 206 Å². The average Bonchev–Trinajstić information content (AvgIpc) is 3.39. The van der Waals surface area contributed by atoms with E-state index < -0.39 is 7.14 Å². The molecular weight excluding hydrogens is 846 g/mol. The second kappa shape index (κ2) is 17.3. The van der Waals surface area contributed by atoms with Gasteiger partial charge in [-0.2, -0.15) is 0 Å². The van der Waals surface area contributed by atoms with Crippen LogP contribution in [0.3, 0.4) is 0 Å². The van der Waals surface area contributed by atoms with Gasteiger partial charge in [0.15, 0.2) is 17.5 Å². The molecule has 5 heteroatoms. The van der Waals surface area contributed by atoms with Gasteiger partial charge in [0.2, 0.25) is 0 Å². The molecule has 0 N–H and O–H groups in total. The highest BCUT2D eigenvalue weighted by atomic mass is 31.2. The molecule has 8 aromatic carbocycles. The largest absolute Gasteiger partial charge is 0.319 e. The van der Waals surface area contributed by atoms with Crippen molar-refractivity contribution in [2.45, 2.75) is 37.5 Å². The molecule has 0 atom stereocenters. The summed E-state index contributed by atoms with van der Waals surface area (Å²) in [5, 5.41) is 0.922. The van der Waals surface area contributed by atoms with Gasteiger partial charge in [-0.15, -0.1) is 0 Å². The minimum absolute atomic E-state index is 0.0560. The Kier molecular flexibility index (Phi) is 10.8. The van der Waals surface area contributed by atoms with Gasteiger partial charge in [0.1, 0.15) is 7.14 Å². The third-order valence-electron chi connectivity index (χ3n) is 15.6. The van der Waals surface area contributed by atoms with E-state index in [0.717, 1.165) is 56.1 Å². The van der Waals surface area contributed by atoms with Gasteiger partial charge in [-0.05, 0) is 131 Å². The summed E-state index contributed by atoms with van der Waals surface area (Å²) in [7, 11) is -2.31. The summed E-state index contributed by atoms with van der Waals surface area (Å²) in [6.07, 6.45) is 6.59. The summed E-state index contributed by atoms with van der Waals surface area (Å²) < 4.78 is 12.8. The SMILES string of the molecule is CP(C)(=O)c1ccc(-c2ccc(C3(c4ccc(-c5nc(-c6ccc(-c7ccccc7-c7ccccc7)cc6)nc(-c6cccc(-c7ccccc7)c6)n5)cc4)C4CC5CC(C4)CC3C5)cc2)cc1. The molecule has 1 aromatic heterocycles. The van der Waals surface area contributed by atoms with Crippen molar-refractivity contribution in [2.75, 3.05) is 13.3 Å². The normalized spacial score (nSPS) is 20.6. The Bertz CT molecular complexity index is 3280. The first-order chi connectivity index (χ1) is 33.3. The Labute approximate surface area is 400 Å². The number of hydrogen-bond acceptors (Lipinski definition) is 4. The molecular formula is C63H54N3OP. The van der Waals surface area contributed by atoms with E-state index in [0.29, 0.717) is 29.3 Å². The number of hydrogen-bond donors (Lipinski definition) is 0. The first-order valence-corrected chi connectivity index (χ1v) is 26.9. The molecule has 4 aliphatic carbocycles. The highest BCUT2D eigenvalue weighted by molar-refractivity contribution is 7.70. The minimum atomic E-state index is -2.31. The van der Waals surface area contributed by atoms with Crippen LogP contribution in [-0.4, -0.2) is 28.3 Å². The average molecular weight is 900 g/mol. The first-order valence-electron chi connectivity index (χ1n) is 24.3. The van der Waals surface area contributed by atoms with Gasteiger partial charge in [0.25, 0.3) is 0 Å². The maximum atomic E-state index is 12.8. The van der Waals surface area contributed by atoms with Crippen molar-refractivity contribution >= 4 is 12.4 Å². The number of benzene rings is 8. The molecule has 13 rings (SSSR count). The summed E-state index contributed by atoms with van der Waals surface area (Å²) in [6.45, 7) is 3.68. The van der Waals surface area contributed by atoms with E-state index in [4.69, 9.17) is 15.0 Å². The van der Waals surface area contributed by atoms with Crippen LogP contribution in [0.1, 0.15) is 43.2 Å². The zero-order chi connectivity index (χ0) is 45.8. The fourth-order valence-electron chi connectivity index (χ4n) is 12.5. The highest BCUT2D eigenvalue weighted by Crippen LogP contribution is 2.65. The summed E-state index contributed by atoms with van der Waals surface area (Å²) in [6, 6.07) is 74.0. The lowest BCUT2D eigenvalue weighted by Gasteiger charge is -2.62. The van der Waals surface area contributed by atoms with E-state index in [1.165, 1.54) is 65.5 Å². The first kappa shape index (κ1) is 42.4. The summed E-state index contributed by atoms with van der Waals surface area (Å²) >= 11 is 0. The van der Waals surface area contributed by atoms with Crippen LogP contribution in [0.4, 0.5) is 0 Å². The number of nitrogens with zero attached hydrogens (tertiary/aromatic N) is 3. The predicted molar refractivity (Wildman–Crippen MR) is 281 cm³/mol. The van der Waals surface area contributed by atoms with E-state index in [1.54, 1.807) is 0 Å². The Balaban J connectivity index is 0.931. The van der Waals surface area contributed by atoms with Crippen molar-refractivity contribution in [3.8, 4) is 78.7 Å². The van der Waals surface area contributed by atoms with Crippen LogP contribution in [-0.2, 0) is 9.98 Å². The van der Waals surface area contributed by atoms with Crippen LogP contribution in [0, 0.1) is 23.7 Å². The standard InChI is InChI=1S/C63H54N3OP/c1-68(2,67)57-34-28-46(29-35-57)45-24-30-53(31-25-45)63(55-37-42-36-43(39-55)40-56(63)38-42)54-32-26-50(27-33-54)61-64-60(65-62(66-61)52-17-11-16-51(41-52)44-12-5-3-6-13-44)49-22-20-48(21-23-49)59-19-10-9-18-58(59)47-14-7-4-8-15-47/h3-35,41-43,55-56H,36-40H2,1-2H3. The monoisotopic (exact) mass is 899 g/mol. The lowest BCUT2D eigenvalue weighted by molar-refractivity contribution is -0.0418. The second-order valence-corrected chi connectivity index (χ2v) is 23.2. The molecule has 9 aromatic rings. The van der Waals surface area contributed by atoms with Crippen molar-refractivity contribution in [3.05, 3.63) is 217 Å². The molecule has 0 unspecified atom stereocenters. The lowest BCUT2D eigenvalue weighted by atomic mass is 9.42. The van der Waals surface area contributed by atoms with Gasteiger partial charge in [0.05, 0.1) is 0 Å². The molecule has 4 fully saturated rings. The van der Waals surface area contributed by atoms with Crippen molar-refractivity contribution < 1.29 is 4.57 Å². The minimum Gasteiger partial charge on any atom is -0.319 e. The van der Waals surface area contributed by atoms with Crippen molar-refractivity contribution in [1.82, 2.24) is 15.0 Å². The van der Waals surface area contributed by atoms with E-state index in [1.807, 2.05) is 25.5 Å². The molecule has 68 heavy (non-hydrogen) atoms. The maximum Gasteiger partial charge on any atom is 0.164 e. The highest BCUT2D eigenvalue weighted by Gasteiger charge is 2.58. The van der Waals surface area contributed by atoms with Crippen molar-refractivity contribution in [1.29, 1.82) is 0 Å². The lowest BCUT2D eigenvalue weighted by Crippen LogP contribution is -2.56. The third kappa shape index (κ3) is 7.75. The number of aromatic nitrogens is 3. The van der Waals surface area contributed by atoms with Crippen LogP contribution in [0.25, 0.3) is 78.7 Å². The fourth-order valence-corrected chi connectivity index (χ4v) is 13.4. The molecule has 0 amide bonds. The topological polar surface area (TPSA) is 55.7 Å².